The molecule has 2 heteroatoms. The van der Waals surface area contributed by atoms with Gasteiger partial charge in [0, 0.05) is 19.0 Å². The Morgan fingerprint density at radius 1 is 1.29 bits per heavy atom. The van der Waals surface area contributed by atoms with Crippen LogP contribution in [-0.4, -0.2) is 23.9 Å². The number of amides is 1. The zero-order chi connectivity index (χ0) is 12.3. The summed E-state index contributed by atoms with van der Waals surface area (Å²) < 4.78 is 0. The minimum Gasteiger partial charge on any atom is -0.343 e. The summed E-state index contributed by atoms with van der Waals surface area (Å²) in [6.07, 6.45) is 4.26. The molecule has 17 heavy (non-hydrogen) atoms. The molecule has 1 saturated heterocycles. The summed E-state index contributed by atoms with van der Waals surface area (Å²) in [5, 5.41) is 0. The summed E-state index contributed by atoms with van der Waals surface area (Å²) in [7, 11) is 1.92. The lowest BCUT2D eigenvalue weighted by Gasteiger charge is -2.14. The van der Waals surface area contributed by atoms with E-state index in [1.54, 1.807) is 0 Å². The van der Waals surface area contributed by atoms with Gasteiger partial charge >= 0.3 is 0 Å². The number of rotatable bonds is 4. The van der Waals surface area contributed by atoms with Gasteiger partial charge in [-0.05, 0) is 38.2 Å². The van der Waals surface area contributed by atoms with E-state index < -0.39 is 0 Å². The minimum atomic E-state index is 0.263. The molecule has 0 spiro atoms. The van der Waals surface area contributed by atoms with Crippen molar-refractivity contribution in [1.82, 2.24) is 4.90 Å². The average Bonchev–Trinajstić information content (AvgIpc) is 2.59. The minimum absolute atomic E-state index is 0.263. The lowest BCUT2D eigenvalue weighted by molar-refractivity contribution is -0.130. The van der Waals surface area contributed by atoms with Crippen molar-refractivity contribution in [3.05, 3.63) is 35.9 Å². The highest BCUT2D eigenvalue weighted by Gasteiger charge is 2.33. The Kier molecular flexibility index (Phi) is 3.82. The molecule has 1 aromatic rings. The first-order valence-electron chi connectivity index (χ1n) is 6.49. The van der Waals surface area contributed by atoms with Gasteiger partial charge in [-0.3, -0.25) is 4.79 Å². The number of carbonyl (C=O) groups excluding carboxylic acids is 1. The number of benzene rings is 1. The lowest BCUT2D eigenvalue weighted by Crippen LogP contribution is -2.27. The predicted octanol–water partition coefficient (Wildman–Crippen LogP) is 2.88. The van der Waals surface area contributed by atoms with Crippen molar-refractivity contribution in [2.24, 2.45) is 5.92 Å². The van der Waals surface area contributed by atoms with Crippen LogP contribution >= 0.6 is 0 Å². The molecule has 0 bridgehead atoms. The maximum atomic E-state index is 11.9. The second-order valence-corrected chi connectivity index (χ2v) is 5.11. The van der Waals surface area contributed by atoms with E-state index in [1.165, 1.54) is 5.56 Å². The Balaban J connectivity index is 1.78. The van der Waals surface area contributed by atoms with Gasteiger partial charge in [0.25, 0.3) is 0 Å². The van der Waals surface area contributed by atoms with Crippen LogP contribution in [0.1, 0.15) is 31.7 Å². The molecule has 2 atom stereocenters. The van der Waals surface area contributed by atoms with Crippen molar-refractivity contribution in [1.29, 1.82) is 0 Å². The van der Waals surface area contributed by atoms with Crippen molar-refractivity contribution in [3.63, 3.8) is 0 Å². The molecule has 0 radical (unpaired) electrons. The molecule has 1 amide bonds. The molecule has 2 nitrogen and oxygen atoms in total. The SMILES string of the molecule is C[C@@H]1C[C@@H](CCCc2ccccc2)C(=O)N1C. The summed E-state index contributed by atoms with van der Waals surface area (Å²) in [5.74, 6) is 0.601. The fourth-order valence-electron chi connectivity index (χ4n) is 2.61. The molecule has 2 rings (SSSR count). The smallest absolute Gasteiger partial charge is 0.225 e. The topological polar surface area (TPSA) is 20.3 Å². The zero-order valence-electron chi connectivity index (χ0n) is 10.7. The van der Waals surface area contributed by atoms with E-state index in [0.717, 1.165) is 25.7 Å². The van der Waals surface area contributed by atoms with Crippen LogP contribution in [0.25, 0.3) is 0 Å². The molecule has 1 aromatic carbocycles. The van der Waals surface area contributed by atoms with Crippen LogP contribution in [-0.2, 0) is 11.2 Å². The second kappa shape index (κ2) is 5.35. The lowest BCUT2D eigenvalue weighted by atomic mass is 9.97. The van der Waals surface area contributed by atoms with Gasteiger partial charge in [0.15, 0.2) is 0 Å². The highest BCUT2D eigenvalue weighted by molar-refractivity contribution is 5.81. The fraction of sp³-hybridized carbons (Fsp3) is 0.533. The number of nitrogens with zero attached hydrogens (tertiary/aromatic N) is 1. The number of hydrogen-bond acceptors (Lipinski definition) is 1. The average molecular weight is 231 g/mol. The van der Waals surface area contributed by atoms with Crippen LogP contribution in [0.5, 0.6) is 0 Å². The molecule has 1 heterocycles. The summed E-state index contributed by atoms with van der Waals surface area (Å²) in [6.45, 7) is 2.13. The van der Waals surface area contributed by atoms with Crippen LogP contribution in [0.2, 0.25) is 0 Å². The summed E-state index contributed by atoms with van der Waals surface area (Å²) in [6, 6.07) is 10.9. The Morgan fingerprint density at radius 3 is 2.59 bits per heavy atom. The van der Waals surface area contributed by atoms with Gasteiger partial charge in [0.1, 0.15) is 0 Å². The highest BCUT2D eigenvalue weighted by atomic mass is 16.2. The van der Waals surface area contributed by atoms with Crippen molar-refractivity contribution in [2.45, 2.75) is 38.6 Å². The molecule has 1 aliphatic rings. The van der Waals surface area contributed by atoms with Gasteiger partial charge in [-0.1, -0.05) is 30.3 Å². The first-order chi connectivity index (χ1) is 8.18. The normalized spacial score (nSPS) is 24.4. The van der Waals surface area contributed by atoms with Gasteiger partial charge < -0.3 is 4.90 Å². The number of hydrogen-bond donors (Lipinski definition) is 0. The van der Waals surface area contributed by atoms with Crippen LogP contribution in [0.4, 0.5) is 0 Å². The first-order valence-corrected chi connectivity index (χ1v) is 6.49. The van der Waals surface area contributed by atoms with Crippen molar-refractivity contribution >= 4 is 5.91 Å². The number of aryl methyl sites for hydroxylation is 1. The molecule has 92 valence electrons. The number of likely N-dealkylation sites (tertiary alicyclic amines) is 1. The third-order valence-electron chi connectivity index (χ3n) is 3.84. The molecule has 0 aliphatic carbocycles. The molecule has 0 aromatic heterocycles. The maximum absolute atomic E-state index is 11.9. The standard InChI is InChI=1S/C15H21NO/c1-12-11-14(15(17)16(12)2)10-6-9-13-7-4-3-5-8-13/h3-5,7-8,12,14H,6,9-11H2,1-2H3/t12-,14-/m1/s1. The van der Waals surface area contributed by atoms with E-state index in [2.05, 4.69) is 31.2 Å². The third kappa shape index (κ3) is 2.87. The Bertz CT molecular complexity index is 374. The van der Waals surface area contributed by atoms with Crippen molar-refractivity contribution in [3.8, 4) is 0 Å². The van der Waals surface area contributed by atoms with E-state index in [4.69, 9.17) is 0 Å². The number of carbonyl (C=O) groups is 1. The monoisotopic (exact) mass is 231 g/mol. The van der Waals surface area contributed by atoms with E-state index >= 15 is 0 Å². The van der Waals surface area contributed by atoms with E-state index in [-0.39, 0.29) is 5.92 Å². The Hall–Kier alpha value is -1.31. The molecule has 0 N–H and O–H groups in total. The second-order valence-electron chi connectivity index (χ2n) is 5.11. The zero-order valence-corrected chi connectivity index (χ0v) is 10.7. The third-order valence-corrected chi connectivity index (χ3v) is 3.84. The first kappa shape index (κ1) is 12.2. The van der Waals surface area contributed by atoms with Gasteiger partial charge in [-0.15, -0.1) is 0 Å². The Labute approximate surface area is 104 Å². The summed E-state index contributed by atoms with van der Waals surface area (Å²) >= 11 is 0. The van der Waals surface area contributed by atoms with Gasteiger partial charge in [-0.25, -0.2) is 0 Å². The van der Waals surface area contributed by atoms with E-state index in [9.17, 15) is 4.79 Å². The summed E-state index contributed by atoms with van der Waals surface area (Å²) in [5.41, 5.74) is 1.37. The molecule has 1 aliphatic heterocycles. The highest BCUT2D eigenvalue weighted by Crippen LogP contribution is 2.27. The van der Waals surface area contributed by atoms with Crippen LogP contribution in [0.3, 0.4) is 0 Å². The molecule has 0 unspecified atom stereocenters. The van der Waals surface area contributed by atoms with Gasteiger partial charge in [-0.2, -0.15) is 0 Å². The molecular weight excluding hydrogens is 210 g/mol. The van der Waals surface area contributed by atoms with Crippen LogP contribution in [0.15, 0.2) is 30.3 Å². The summed E-state index contributed by atoms with van der Waals surface area (Å²) in [4.78, 5) is 13.8. The van der Waals surface area contributed by atoms with E-state index in [1.807, 2.05) is 18.0 Å². The Morgan fingerprint density at radius 2 is 2.00 bits per heavy atom. The molecular formula is C15H21NO. The van der Waals surface area contributed by atoms with Crippen LogP contribution < -0.4 is 0 Å². The van der Waals surface area contributed by atoms with Crippen molar-refractivity contribution < 1.29 is 4.79 Å². The van der Waals surface area contributed by atoms with Gasteiger partial charge in [0.2, 0.25) is 5.91 Å². The van der Waals surface area contributed by atoms with Crippen LogP contribution in [0, 0.1) is 5.92 Å². The largest absolute Gasteiger partial charge is 0.343 e. The van der Waals surface area contributed by atoms with Gasteiger partial charge in [0.05, 0.1) is 0 Å². The predicted molar refractivity (Wildman–Crippen MR) is 69.7 cm³/mol. The van der Waals surface area contributed by atoms with Crippen molar-refractivity contribution in [2.75, 3.05) is 7.05 Å². The maximum Gasteiger partial charge on any atom is 0.225 e. The molecule has 0 saturated carbocycles. The molecule has 1 fully saturated rings. The fourth-order valence-corrected chi connectivity index (χ4v) is 2.61. The quantitative estimate of drug-likeness (QED) is 0.780. The van der Waals surface area contributed by atoms with E-state index in [0.29, 0.717) is 11.9 Å².